The molecule has 60 valence electrons. The van der Waals surface area contributed by atoms with Crippen molar-refractivity contribution in [3.8, 4) is 0 Å². The molecule has 3 rings (SSSR count). The number of carbonyl (C=O) groups excluding carboxylic acids is 1. The van der Waals surface area contributed by atoms with Crippen LogP contribution in [0.3, 0.4) is 0 Å². The number of ether oxygens (including phenoxy) is 2. The van der Waals surface area contributed by atoms with E-state index >= 15 is 0 Å². The minimum absolute atomic E-state index is 0.0451. The van der Waals surface area contributed by atoms with Gasteiger partial charge in [0.25, 0.3) is 0 Å². The molecule has 0 aromatic heterocycles. The van der Waals surface area contributed by atoms with Crippen molar-refractivity contribution in [3.63, 3.8) is 0 Å². The second-order valence-corrected chi connectivity index (χ2v) is 3.37. The number of epoxide rings is 1. The zero-order valence-electron chi connectivity index (χ0n) is 5.77. The van der Waals surface area contributed by atoms with Crippen molar-refractivity contribution in [2.45, 2.75) is 30.8 Å². The molecule has 0 radical (unpaired) electrons. The first-order valence-corrected chi connectivity index (χ1v) is 3.81. The molecule has 2 aliphatic heterocycles. The van der Waals surface area contributed by atoms with E-state index in [-0.39, 0.29) is 30.2 Å². The highest BCUT2D eigenvalue weighted by atomic mass is 16.6. The molecule has 2 bridgehead atoms. The summed E-state index contributed by atoms with van der Waals surface area (Å²) < 4.78 is 10.1. The summed E-state index contributed by atoms with van der Waals surface area (Å²) in [6, 6.07) is 0. The van der Waals surface area contributed by atoms with Crippen molar-refractivity contribution in [1.29, 1.82) is 0 Å². The quantitative estimate of drug-likeness (QED) is 0.363. The molecular formula is C7H8O4. The van der Waals surface area contributed by atoms with Gasteiger partial charge in [-0.2, -0.15) is 0 Å². The number of aliphatic hydroxyl groups is 1. The summed E-state index contributed by atoms with van der Waals surface area (Å²) >= 11 is 0. The molecule has 2 heterocycles. The Labute approximate surface area is 63.1 Å². The number of carbonyl (C=O) groups is 1. The van der Waals surface area contributed by atoms with Crippen LogP contribution in [0.4, 0.5) is 0 Å². The van der Waals surface area contributed by atoms with E-state index in [4.69, 9.17) is 9.47 Å². The average molecular weight is 156 g/mol. The Morgan fingerprint density at radius 3 is 3.09 bits per heavy atom. The zero-order chi connectivity index (χ0) is 7.59. The Kier molecular flexibility index (Phi) is 0.863. The molecule has 5 atom stereocenters. The van der Waals surface area contributed by atoms with Crippen molar-refractivity contribution in [1.82, 2.24) is 0 Å². The number of fused-ring (bicyclic) bond motifs is 4. The number of hydrogen-bond acceptors (Lipinski definition) is 4. The van der Waals surface area contributed by atoms with Gasteiger partial charge in [-0.25, -0.2) is 0 Å². The third kappa shape index (κ3) is 0.594. The molecule has 0 unspecified atom stereocenters. The summed E-state index contributed by atoms with van der Waals surface area (Å²) in [5.74, 6) is -0.285. The Balaban J connectivity index is 1.96. The van der Waals surface area contributed by atoms with E-state index < -0.39 is 6.10 Å². The predicted molar refractivity (Wildman–Crippen MR) is 32.7 cm³/mol. The summed E-state index contributed by atoms with van der Waals surface area (Å²) in [6.07, 6.45) is -0.401. The van der Waals surface area contributed by atoms with Gasteiger partial charge in [0.1, 0.15) is 24.4 Å². The van der Waals surface area contributed by atoms with Gasteiger partial charge in [0.15, 0.2) is 0 Å². The molecule has 4 nitrogen and oxygen atoms in total. The molecule has 0 aromatic carbocycles. The van der Waals surface area contributed by atoms with Crippen LogP contribution < -0.4 is 0 Å². The maximum Gasteiger partial charge on any atom is 0.312 e. The van der Waals surface area contributed by atoms with E-state index in [0.717, 1.165) is 0 Å². The third-order valence-electron chi connectivity index (χ3n) is 2.73. The van der Waals surface area contributed by atoms with Crippen LogP contribution in [0.5, 0.6) is 0 Å². The first-order valence-electron chi connectivity index (χ1n) is 3.81. The van der Waals surface area contributed by atoms with Gasteiger partial charge in [0.2, 0.25) is 0 Å². The minimum Gasteiger partial charge on any atom is -0.459 e. The van der Waals surface area contributed by atoms with Gasteiger partial charge in [-0.15, -0.1) is 0 Å². The average Bonchev–Trinajstić information content (AvgIpc) is 2.69. The summed E-state index contributed by atoms with van der Waals surface area (Å²) in [5.41, 5.74) is 0. The highest BCUT2D eigenvalue weighted by Crippen LogP contribution is 2.46. The molecule has 1 aliphatic carbocycles. The number of esters is 1. The number of rotatable bonds is 0. The van der Waals surface area contributed by atoms with Gasteiger partial charge in [0.05, 0.1) is 5.92 Å². The highest BCUT2D eigenvalue weighted by Gasteiger charge is 2.63. The van der Waals surface area contributed by atoms with E-state index in [1.165, 1.54) is 0 Å². The van der Waals surface area contributed by atoms with Crippen molar-refractivity contribution in [2.75, 3.05) is 0 Å². The molecule has 0 aromatic rings. The van der Waals surface area contributed by atoms with Crippen LogP contribution in [0.15, 0.2) is 0 Å². The Morgan fingerprint density at radius 2 is 2.27 bits per heavy atom. The zero-order valence-corrected chi connectivity index (χ0v) is 5.77. The smallest absolute Gasteiger partial charge is 0.312 e. The van der Waals surface area contributed by atoms with E-state index in [9.17, 15) is 9.90 Å². The van der Waals surface area contributed by atoms with Crippen LogP contribution in [0.1, 0.15) is 6.42 Å². The lowest BCUT2D eigenvalue weighted by Gasteiger charge is -2.16. The normalized spacial score (nSPS) is 58.6. The van der Waals surface area contributed by atoms with Crippen molar-refractivity contribution in [3.05, 3.63) is 0 Å². The fourth-order valence-corrected chi connectivity index (χ4v) is 2.05. The van der Waals surface area contributed by atoms with Crippen LogP contribution >= 0.6 is 0 Å². The summed E-state index contributed by atoms with van der Waals surface area (Å²) in [5, 5.41) is 9.42. The van der Waals surface area contributed by atoms with Crippen molar-refractivity contribution < 1.29 is 19.4 Å². The van der Waals surface area contributed by atoms with Gasteiger partial charge in [0, 0.05) is 6.42 Å². The summed E-state index contributed by atoms with van der Waals surface area (Å²) in [7, 11) is 0. The molecule has 11 heavy (non-hydrogen) atoms. The van der Waals surface area contributed by atoms with Crippen LogP contribution in [0.25, 0.3) is 0 Å². The van der Waals surface area contributed by atoms with Crippen molar-refractivity contribution in [2.24, 2.45) is 5.92 Å². The number of aliphatic hydroxyl groups excluding tert-OH is 1. The fraction of sp³-hybridized carbons (Fsp3) is 0.857. The van der Waals surface area contributed by atoms with Crippen LogP contribution in [0, 0.1) is 5.92 Å². The van der Waals surface area contributed by atoms with Gasteiger partial charge < -0.3 is 14.6 Å². The second-order valence-electron chi connectivity index (χ2n) is 3.37. The molecule has 3 aliphatic rings. The van der Waals surface area contributed by atoms with Crippen LogP contribution in [-0.2, 0) is 14.3 Å². The molecule has 1 N–H and O–H groups in total. The Hall–Kier alpha value is -0.610. The number of hydrogen-bond donors (Lipinski definition) is 1. The molecule has 4 heteroatoms. The lowest BCUT2D eigenvalue weighted by Crippen LogP contribution is -2.35. The first kappa shape index (κ1) is 5.97. The van der Waals surface area contributed by atoms with E-state index in [0.29, 0.717) is 6.42 Å². The van der Waals surface area contributed by atoms with E-state index in [2.05, 4.69) is 0 Å². The van der Waals surface area contributed by atoms with Gasteiger partial charge in [-0.05, 0) is 0 Å². The van der Waals surface area contributed by atoms with Gasteiger partial charge >= 0.3 is 5.97 Å². The molecule has 2 saturated heterocycles. The van der Waals surface area contributed by atoms with Crippen LogP contribution in [0.2, 0.25) is 0 Å². The lowest BCUT2D eigenvalue weighted by molar-refractivity contribution is -0.147. The monoisotopic (exact) mass is 156 g/mol. The fourth-order valence-electron chi connectivity index (χ4n) is 2.05. The Bertz CT molecular complexity index is 226. The van der Waals surface area contributed by atoms with Gasteiger partial charge in [-0.1, -0.05) is 0 Å². The lowest BCUT2D eigenvalue weighted by atomic mass is 9.88. The van der Waals surface area contributed by atoms with E-state index in [1.807, 2.05) is 0 Å². The van der Waals surface area contributed by atoms with Crippen molar-refractivity contribution >= 4 is 5.97 Å². The molecule has 1 saturated carbocycles. The minimum atomic E-state index is -0.581. The second kappa shape index (κ2) is 1.59. The topological polar surface area (TPSA) is 59.1 Å². The molecule has 0 amide bonds. The largest absolute Gasteiger partial charge is 0.459 e. The first-order chi connectivity index (χ1) is 5.27. The van der Waals surface area contributed by atoms with Gasteiger partial charge in [-0.3, -0.25) is 4.79 Å². The SMILES string of the molecule is O=C1O[C@@H]2C[C@H]1[C@H]1O[C@H]1[C@H]2O. The molecule has 3 fully saturated rings. The highest BCUT2D eigenvalue weighted by molar-refractivity contribution is 5.76. The predicted octanol–water partition coefficient (Wildman–Crippen LogP) is -0.940. The maximum atomic E-state index is 11.0. The molecular weight excluding hydrogens is 148 g/mol. The van der Waals surface area contributed by atoms with E-state index in [1.54, 1.807) is 0 Å². The third-order valence-corrected chi connectivity index (χ3v) is 2.73. The maximum absolute atomic E-state index is 11.0. The Morgan fingerprint density at radius 1 is 1.45 bits per heavy atom. The molecule has 0 spiro atoms. The van der Waals surface area contributed by atoms with Crippen LogP contribution in [-0.4, -0.2) is 35.5 Å². The standard InChI is InChI=1S/C7H8O4/c8-4-3-1-2(7(9)10-3)5-6(4)11-5/h2-6,8H,1H2/t2-,3+,4-,5+,6-/m0/s1. The summed E-state index contributed by atoms with van der Waals surface area (Å²) in [6.45, 7) is 0. The summed E-state index contributed by atoms with van der Waals surface area (Å²) in [4.78, 5) is 11.0.